The molecule has 0 N–H and O–H groups in total. The van der Waals surface area contributed by atoms with Crippen LogP contribution < -0.4 is 0 Å². The van der Waals surface area contributed by atoms with E-state index in [0.29, 0.717) is 6.61 Å². The highest BCUT2D eigenvalue weighted by Gasteiger charge is 2.35. The number of likely N-dealkylation sites (tertiary alicyclic amines) is 1. The van der Waals surface area contributed by atoms with Gasteiger partial charge in [0, 0.05) is 25.7 Å². The summed E-state index contributed by atoms with van der Waals surface area (Å²) in [6.45, 7) is 4.07. The molecule has 1 aliphatic heterocycles. The highest BCUT2D eigenvalue weighted by molar-refractivity contribution is 5.74. The lowest BCUT2D eigenvalue weighted by Gasteiger charge is -2.34. The zero-order chi connectivity index (χ0) is 13.1. The van der Waals surface area contributed by atoms with Crippen molar-refractivity contribution in [2.75, 3.05) is 26.7 Å². The minimum atomic E-state index is -0.0853. The van der Waals surface area contributed by atoms with Gasteiger partial charge in [0.15, 0.2) is 0 Å². The molecule has 1 aromatic rings. The fourth-order valence-electron chi connectivity index (χ4n) is 2.63. The Kier molecular flexibility index (Phi) is 4.01. The van der Waals surface area contributed by atoms with E-state index in [1.54, 1.807) is 4.68 Å². The van der Waals surface area contributed by atoms with E-state index in [9.17, 15) is 4.79 Å². The maximum atomic E-state index is 12.1. The van der Waals surface area contributed by atoms with E-state index in [1.165, 1.54) is 0 Å². The highest BCUT2D eigenvalue weighted by atomic mass is 16.5. The van der Waals surface area contributed by atoms with Crippen molar-refractivity contribution in [3.8, 4) is 0 Å². The Balaban J connectivity index is 2.17. The predicted octanol–water partition coefficient (Wildman–Crippen LogP) is 1.02. The van der Waals surface area contributed by atoms with Crippen LogP contribution in [0.3, 0.4) is 0 Å². The summed E-state index contributed by atoms with van der Waals surface area (Å²) < 4.78 is 6.98. The summed E-state index contributed by atoms with van der Waals surface area (Å²) in [5.74, 6) is 0.0692. The second kappa shape index (κ2) is 5.52. The fraction of sp³-hybridized carbons (Fsp3) is 0.692. The highest BCUT2D eigenvalue weighted by Crippen LogP contribution is 2.33. The van der Waals surface area contributed by atoms with Crippen LogP contribution in [-0.4, -0.2) is 47.4 Å². The zero-order valence-electron chi connectivity index (χ0n) is 11.3. The molecule has 2 heterocycles. The number of piperidine rings is 1. The van der Waals surface area contributed by atoms with Crippen LogP contribution in [0.15, 0.2) is 12.4 Å². The fourth-order valence-corrected chi connectivity index (χ4v) is 2.63. The average Bonchev–Trinajstić information content (AvgIpc) is 2.76. The number of rotatable bonds is 3. The summed E-state index contributed by atoms with van der Waals surface area (Å²) in [7, 11) is 3.95. The molecular formula is C13H21N3O2. The lowest BCUT2D eigenvalue weighted by atomic mass is 9.82. The Hall–Kier alpha value is -1.36. The summed E-state index contributed by atoms with van der Waals surface area (Å²) in [5.41, 5.74) is 1.14. The van der Waals surface area contributed by atoms with Gasteiger partial charge in [-0.25, -0.2) is 0 Å². The number of hydrogen-bond acceptors (Lipinski definition) is 4. The van der Waals surface area contributed by atoms with Gasteiger partial charge in [0.1, 0.15) is 0 Å². The SMILES string of the molecule is CCOC(=O)C1CN(C)CCC1c1cnn(C)c1. The lowest BCUT2D eigenvalue weighted by Crippen LogP contribution is -2.41. The molecule has 5 nitrogen and oxygen atoms in total. The summed E-state index contributed by atoms with van der Waals surface area (Å²) in [5, 5.41) is 4.20. The van der Waals surface area contributed by atoms with Gasteiger partial charge in [0.2, 0.25) is 0 Å². The largest absolute Gasteiger partial charge is 0.466 e. The van der Waals surface area contributed by atoms with Crippen LogP contribution in [0.25, 0.3) is 0 Å². The summed E-state index contributed by atoms with van der Waals surface area (Å²) in [4.78, 5) is 14.2. The van der Waals surface area contributed by atoms with Crippen LogP contribution in [0, 0.1) is 5.92 Å². The molecule has 0 bridgehead atoms. The number of nitrogens with zero attached hydrogens (tertiary/aromatic N) is 3. The molecule has 100 valence electrons. The van der Waals surface area contributed by atoms with Crippen molar-refractivity contribution in [3.63, 3.8) is 0 Å². The van der Waals surface area contributed by atoms with Gasteiger partial charge in [-0.1, -0.05) is 0 Å². The van der Waals surface area contributed by atoms with Gasteiger partial charge in [-0.2, -0.15) is 5.10 Å². The predicted molar refractivity (Wildman–Crippen MR) is 68.2 cm³/mol. The van der Waals surface area contributed by atoms with E-state index in [4.69, 9.17) is 4.74 Å². The maximum Gasteiger partial charge on any atom is 0.310 e. The van der Waals surface area contributed by atoms with Crippen molar-refractivity contribution in [2.45, 2.75) is 19.3 Å². The molecule has 0 spiro atoms. The van der Waals surface area contributed by atoms with E-state index in [1.807, 2.05) is 33.4 Å². The number of hydrogen-bond donors (Lipinski definition) is 0. The van der Waals surface area contributed by atoms with Gasteiger partial charge >= 0.3 is 5.97 Å². The molecule has 5 heteroatoms. The van der Waals surface area contributed by atoms with Gasteiger partial charge < -0.3 is 9.64 Å². The van der Waals surface area contributed by atoms with E-state index < -0.39 is 0 Å². The van der Waals surface area contributed by atoms with Crippen molar-refractivity contribution >= 4 is 5.97 Å². The summed E-state index contributed by atoms with van der Waals surface area (Å²) >= 11 is 0. The molecule has 1 fully saturated rings. The number of ether oxygens (including phenoxy) is 1. The Morgan fingerprint density at radius 3 is 2.94 bits per heavy atom. The van der Waals surface area contributed by atoms with Crippen molar-refractivity contribution in [1.29, 1.82) is 0 Å². The maximum absolute atomic E-state index is 12.1. The first-order valence-corrected chi connectivity index (χ1v) is 6.45. The second-order valence-electron chi connectivity index (χ2n) is 4.96. The minimum Gasteiger partial charge on any atom is -0.466 e. The number of carbonyl (C=O) groups is 1. The van der Waals surface area contributed by atoms with Crippen LogP contribution in [-0.2, 0) is 16.6 Å². The van der Waals surface area contributed by atoms with Gasteiger partial charge in [-0.3, -0.25) is 9.48 Å². The molecule has 0 aliphatic carbocycles. The molecule has 0 amide bonds. The lowest BCUT2D eigenvalue weighted by molar-refractivity contribution is -0.150. The molecule has 1 aliphatic rings. The molecular weight excluding hydrogens is 230 g/mol. The van der Waals surface area contributed by atoms with Crippen LogP contribution in [0.2, 0.25) is 0 Å². The number of esters is 1. The van der Waals surface area contributed by atoms with Crippen molar-refractivity contribution in [1.82, 2.24) is 14.7 Å². The van der Waals surface area contributed by atoms with Crippen LogP contribution in [0.4, 0.5) is 0 Å². The Labute approximate surface area is 108 Å². The second-order valence-corrected chi connectivity index (χ2v) is 4.96. The van der Waals surface area contributed by atoms with E-state index >= 15 is 0 Å². The summed E-state index contributed by atoms with van der Waals surface area (Å²) in [6.07, 6.45) is 4.84. The third-order valence-corrected chi connectivity index (χ3v) is 3.56. The molecule has 1 aromatic heterocycles. The number of carbonyl (C=O) groups excluding carboxylic acids is 1. The molecule has 2 unspecified atom stereocenters. The average molecular weight is 251 g/mol. The zero-order valence-corrected chi connectivity index (χ0v) is 11.3. The first-order valence-electron chi connectivity index (χ1n) is 6.45. The third-order valence-electron chi connectivity index (χ3n) is 3.56. The molecule has 18 heavy (non-hydrogen) atoms. The monoisotopic (exact) mass is 251 g/mol. The standard InChI is InChI=1S/C13H21N3O2/c1-4-18-13(17)12-9-15(2)6-5-11(12)10-7-14-16(3)8-10/h7-8,11-12H,4-6,9H2,1-3H3. The van der Waals surface area contributed by atoms with Gasteiger partial charge in [-0.05, 0) is 32.5 Å². The third kappa shape index (κ3) is 2.72. The first kappa shape index (κ1) is 13.1. The van der Waals surface area contributed by atoms with Crippen LogP contribution >= 0.6 is 0 Å². The molecule has 0 aromatic carbocycles. The minimum absolute atomic E-state index is 0.0760. The Morgan fingerprint density at radius 2 is 2.33 bits per heavy atom. The molecule has 2 rings (SSSR count). The van der Waals surface area contributed by atoms with Gasteiger partial charge in [0.25, 0.3) is 0 Å². The van der Waals surface area contributed by atoms with Gasteiger partial charge in [0.05, 0.1) is 18.7 Å². The smallest absolute Gasteiger partial charge is 0.310 e. The topological polar surface area (TPSA) is 47.4 Å². The van der Waals surface area contributed by atoms with Crippen LogP contribution in [0.5, 0.6) is 0 Å². The number of aromatic nitrogens is 2. The van der Waals surface area contributed by atoms with E-state index in [0.717, 1.165) is 25.1 Å². The molecule has 2 atom stereocenters. The molecule has 0 saturated carbocycles. The number of aryl methyl sites for hydroxylation is 1. The summed E-state index contributed by atoms with van der Waals surface area (Å²) in [6, 6.07) is 0. The van der Waals surface area contributed by atoms with Crippen LogP contribution in [0.1, 0.15) is 24.8 Å². The van der Waals surface area contributed by atoms with Crippen molar-refractivity contribution in [3.05, 3.63) is 18.0 Å². The molecule has 1 saturated heterocycles. The van der Waals surface area contributed by atoms with Gasteiger partial charge in [-0.15, -0.1) is 0 Å². The van der Waals surface area contributed by atoms with Crippen molar-refractivity contribution in [2.24, 2.45) is 13.0 Å². The first-order chi connectivity index (χ1) is 8.61. The normalized spacial score (nSPS) is 25.1. The van der Waals surface area contributed by atoms with E-state index in [-0.39, 0.29) is 17.8 Å². The van der Waals surface area contributed by atoms with Crippen molar-refractivity contribution < 1.29 is 9.53 Å². The van der Waals surface area contributed by atoms with E-state index in [2.05, 4.69) is 10.00 Å². The molecule has 0 radical (unpaired) electrons. The Bertz CT molecular complexity index is 416. The quantitative estimate of drug-likeness (QED) is 0.753. The Morgan fingerprint density at radius 1 is 1.56 bits per heavy atom.